The van der Waals surface area contributed by atoms with Crippen molar-refractivity contribution in [2.24, 2.45) is 17.8 Å². The van der Waals surface area contributed by atoms with Gasteiger partial charge in [0.2, 0.25) is 11.8 Å². The number of allylic oxidation sites excluding steroid dienone is 2. The fourth-order valence-electron chi connectivity index (χ4n) is 6.64. The van der Waals surface area contributed by atoms with E-state index in [0.29, 0.717) is 33.7 Å². The molecule has 5 rings (SSSR count). The van der Waals surface area contributed by atoms with Crippen molar-refractivity contribution < 1.29 is 51.3 Å². The van der Waals surface area contributed by atoms with Crippen molar-refractivity contribution in [1.82, 2.24) is 0 Å². The van der Waals surface area contributed by atoms with Gasteiger partial charge in [-0.2, -0.15) is 26.3 Å². The van der Waals surface area contributed by atoms with E-state index in [1.165, 1.54) is 6.07 Å². The highest BCUT2D eigenvalue weighted by Crippen LogP contribution is 2.48. The van der Waals surface area contributed by atoms with E-state index in [1.807, 2.05) is 30.3 Å². The molecular formula is C35H31F6NO5. The SMILES string of the molecule is CC1=C([C@H](O)CC/C(=C/c2ccccc2O)c2ccccc2)[C@H](CO)[C@@H]2C(=O)N(c3cc(C(F)(F)F)cc(C(F)(F)F)c3)C(=O)[C@@H]2C1. The fraction of sp³-hybridized carbons (Fsp3) is 0.314. The number of fused-ring (bicyclic) bond motifs is 1. The lowest BCUT2D eigenvalue weighted by atomic mass is 9.68. The molecule has 0 saturated carbocycles. The third-order valence-electron chi connectivity index (χ3n) is 8.81. The van der Waals surface area contributed by atoms with Crippen LogP contribution in [0.3, 0.4) is 0 Å². The maximum atomic E-state index is 13.7. The average Bonchev–Trinajstić information content (AvgIpc) is 3.27. The van der Waals surface area contributed by atoms with Gasteiger partial charge in [0.05, 0.1) is 41.4 Å². The van der Waals surface area contributed by atoms with Crippen LogP contribution in [0.5, 0.6) is 5.75 Å². The number of aliphatic hydroxyl groups is 2. The van der Waals surface area contributed by atoms with Crippen molar-refractivity contribution in [3.63, 3.8) is 0 Å². The molecule has 1 heterocycles. The Balaban J connectivity index is 1.45. The van der Waals surface area contributed by atoms with Gasteiger partial charge in [0.15, 0.2) is 0 Å². The Morgan fingerprint density at radius 3 is 2.09 bits per heavy atom. The minimum absolute atomic E-state index is 0.0517. The Bertz CT molecular complexity index is 1700. The summed E-state index contributed by atoms with van der Waals surface area (Å²) >= 11 is 0. The van der Waals surface area contributed by atoms with E-state index in [0.717, 1.165) is 11.1 Å². The van der Waals surface area contributed by atoms with Crippen LogP contribution >= 0.6 is 0 Å². The lowest BCUT2D eigenvalue weighted by molar-refractivity contribution is -0.143. The first-order valence-corrected chi connectivity index (χ1v) is 14.8. The summed E-state index contributed by atoms with van der Waals surface area (Å²) in [6.45, 7) is 0.910. The Hall–Kier alpha value is -4.42. The molecule has 1 aliphatic heterocycles. The molecule has 47 heavy (non-hydrogen) atoms. The molecule has 0 bridgehead atoms. The number of alkyl halides is 6. The van der Waals surface area contributed by atoms with Gasteiger partial charge in [-0.05, 0) is 73.2 Å². The second kappa shape index (κ2) is 13.0. The van der Waals surface area contributed by atoms with Crippen LogP contribution in [0.1, 0.15) is 48.4 Å². The van der Waals surface area contributed by atoms with Gasteiger partial charge in [0.1, 0.15) is 5.75 Å². The molecule has 1 aliphatic carbocycles. The third-order valence-corrected chi connectivity index (χ3v) is 8.81. The summed E-state index contributed by atoms with van der Waals surface area (Å²) in [5.41, 5.74) is -1.29. The quantitative estimate of drug-likeness (QED) is 0.103. The van der Waals surface area contributed by atoms with Gasteiger partial charge >= 0.3 is 12.4 Å². The van der Waals surface area contributed by atoms with Gasteiger partial charge < -0.3 is 15.3 Å². The molecule has 1 saturated heterocycles. The van der Waals surface area contributed by atoms with Gasteiger partial charge in [-0.3, -0.25) is 9.59 Å². The summed E-state index contributed by atoms with van der Waals surface area (Å²) in [5, 5.41) is 32.3. The molecule has 0 aromatic heterocycles. The smallest absolute Gasteiger partial charge is 0.416 e. The van der Waals surface area contributed by atoms with Crippen LogP contribution in [0.4, 0.5) is 32.0 Å². The molecule has 0 spiro atoms. The fourth-order valence-corrected chi connectivity index (χ4v) is 6.64. The number of carbonyl (C=O) groups excluding carboxylic acids is 2. The highest BCUT2D eigenvalue weighted by atomic mass is 19.4. The zero-order chi connectivity index (χ0) is 34.3. The van der Waals surface area contributed by atoms with Crippen molar-refractivity contribution in [1.29, 1.82) is 0 Å². The molecule has 1 fully saturated rings. The van der Waals surface area contributed by atoms with Crippen LogP contribution in [0.15, 0.2) is 83.9 Å². The number of anilines is 1. The van der Waals surface area contributed by atoms with Crippen LogP contribution in [-0.4, -0.2) is 39.8 Å². The molecule has 2 amide bonds. The van der Waals surface area contributed by atoms with E-state index in [2.05, 4.69) is 0 Å². The van der Waals surface area contributed by atoms with Crippen molar-refractivity contribution in [3.8, 4) is 5.75 Å². The monoisotopic (exact) mass is 659 g/mol. The Labute approximate surface area is 266 Å². The van der Waals surface area contributed by atoms with Gasteiger partial charge in [0.25, 0.3) is 0 Å². The number of phenolic OH excluding ortho intramolecular Hbond substituents is 1. The van der Waals surface area contributed by atoms with Crippen molar-refractivity contribution in [2.45, 2.75) is 44.6 Å². The van der Waals surface area contributed by atoms with E-state index in [4.69, 9.17) is 0 Å². The minimum atomic E-state index is -5.19. The number of para-hydroxylation sites is 1. The zero-order valence-electron chi connectivity index (χ0n) is 25.0. The number of hydrogen-bond acceptors (Lipinski definition) is 5. The molecule has 6 nitrogen and oxygen atoms in total. The summed E-state index contributed by atoms with van der Waals surface area (Å²) in [6.07, 6.45) is -9.52. The maximum absolute atomic E-state index is 13.7. The summed E-state index contributed by atoms with van der Waals surface area (Å²) in [7, 11) is 0. The minimum Gasteiger partial charge on any atom is -0.507 e. The number of rotatable bonds is 8. The van der Waals surface area contributed by atoms with Gasteiger partial charge in [-0.1, -0.05) is 54.1 Å². The van der Waals surface area contributed by atoms with Crippen LogP contribution in [0.2, 0.25) is 0 Å². The first-order chi connectivity index (χ1) is 22.1. The molecule has 0 radical (unpaired) electrons. The number of aromatic hydroxyl groups is 1. The topological polar surface area (TPSA) is 98.1 Å². The standard InChI is InChI=1S/C35H31F6NO5/c1-19-13-26-31(33(47)42(32(26)46)25-16-23(34(36,37)38)15-24(17-25)35(39,40)41)27(18-43)30(19)29(45)12-11-21(20-7-3-2-4-8-20)14-22-9-5-6-10-28(22)44/h2-10,14-17,26-27,29,31,43-45H,11-13,18H2,1H3/b21-14-/t26-,27+,29-,31-/m1/s1. The van der Waals surface area contributed by atoms with E-state index in [9.17, 15) is 51.3 Å². The van der Waals surface area contributed by atoms with Crippen LogP contribution < -0.4 is 4.90 Å². The number of hydrogen-bond donors (Lipinski definition) is 3. The van der Waals surface area contributed by atoms with Gasteiger partial charge in [0, 0.05) is 11.5 Å². The third kappa shape index (κ3) is 6.84. The molecule has 2 aliphatic rings. The predicted octanol–water partition coefficient (Wildman–Crippen LogP) is 7.25. The number of imide groups is 1. The molecule has 4 atom stereocenters. The number of benzene rings is 3. The lowest BCUT2D eigenvalue weighted by Crippen LogP contribution is -2.38. The molecule has 0 unspecified atom stereocenters. The Morgan fingerprint density at radius 2 is 1.51 bits per heavy atom. The van der Waals surface area contributed by atoms with Crippen molar-refractivity contribution in [3.05, 3.63) is 106 Å². The number of halogens is 6. The zero-order valence-corrected chi connectivity index (χ0v) is 25.0. The predicted molar refractivity (Wildman–Crippen MR) is 161 cm³/mol. The Kier molecular flexibility index (Phi) is 9.38. The first kappa shape index (κ1) is 33.9. The molecule has 3 aromatic carbocycles. The number of aliphatic hydroxyl groups excluding tert-OH is 2. The highest BCUT2D eigenvalue weighted by molar-refractivity contribution is 6.22. The molecular weight excluding hydrogens is 628 g/mol. The molecule has 12 heteroatoms. The van der Waals surface area contributed by atoms with E-state index in [-0.39, 0.29) is 31.1 Å². The van der Waals surface area contributed by atoms with Crippen LogP contribution in [0.25, 0.3) is 11.6 Å². The van der Waals surface area contributed by atoms with Gasteiger partial charge in [-0.25, -0.2) is 4.90 Å². The first-order valence-electron chi connectivity index (χ1n) is 14.8. The summed E-state index contributed by atoms with van der Waals surface area (Å²) in [5.74, 6) is -5.55. The normalized spacial score (nSPS) is 21.3. The summed E-state index contributed by atoms with van der Waals surface area (Å²) in [4.78, 5) is 27.5. The van der Waals surface area contributed by atoms with E-state index in [1.54, 1.807) is 31.2 Å². The summed E-state index contributed by atoms with van der Waals surface area (Å²) < 4.78 is 81.4. The van der Waals surface area contributed by atoms with Crippen molar-refractivity contribution >= 4 is 29.2 Å². The Morgan fingerprint density at radius 1 is 0.915 bits per heavy atom. The van der Waals surface area contributed by atoms with Crippen LogP contribution in [0, 0.1) is 17.8 Å². The average molecular weight is 660 g/mol. The summed E-state index contributed by atoms with van der Waals surface area (Å²) in [6, 6.07) is 16.5. The number of nitrogens with zero attached hydrogens (tertiary/aromatic N) is 1. The largest absolute Gasteiger partial charge is 0.507 e. The van der Waals surface area contributed by atoms with E-state index >= 15 is 0 Å². The number of carbonyl (C=O) groups is 2. The number of phenols is 1. The maximum Gasteiger partial charge on any atom is 0.416 e. The van der Waals surface area contributed by atoms with Crippen LogP contribution in [-0.2, 0) is 21.9 Å². The molecule has 248 valence electrons. The second-order valence-electron chi connectivity index (χ2n) is 11.8. The molecule has 3 N–H and O–H groups in total. The number of amides is 2. The lowest BCUT2D eigenvalue weighted by Gasteiger charge is -2.35. The van der Waals surface area contributed by atoms with Crippen molar-refractivity contribution in [2.75, 3.05) is 11.5 Å². The highest BCUT2D eigenvalue weighted by Gasteiger charge is 2.55. The molecule has 3 aromatic rings. The van der Waals surface area contributed by atoms with E-state index < -0.39 is 71.4 Å². The second-order valence-corrected chi connectivity index (χ2v) is 11.8. The van der Waals surface area contributed by atoms with Gasteiger partial charge in [-0.15, -0.1) is 0 Å².